The summed E-state index contributed by atoms with van der Waals surface area (Å²) in [6.45, 7) is 4.01. The number of aromatic nitrogens is 2. The van der Waals surface area contributed by atoms with Crippen LogP contribution in [0.3, 0.4) is 0 Å². The summed E-state index contributed by atoms with van der Waals surface area (Å²) in [4.78, 5) is 9.12. The van der Waals surface area contributed by atoms with E-state index in [9.17, 15) is 22.0 Å². The van der Waals surface area contributed by atoms with Gasteiger partial charge in [-0.15, -0.1) is 11.8 Å². The molecule has 0 unspecified atom stereocenters. The molecule has 4 aromatic rings. The number of unbranched alkanes of at least 4 members (excludes halogenated alkanes) is 2. The smallest absolute Gasteiger partial charge is 0.429 e. The minimum absolute atomic E-state index is 0.198. The van der Waals surface area contributed by atoms with Crippen LogP contribution in [0.1, 0.15) is 82.3 Å². The highest BCUT2D eigenvalue weighted by Crippen LogP contribution is 2.40. The van der Waals surface area contributed by atoms with Gasteiger partial charge in [0.15, 0.2) is 5.82 Å². The van der Waals surface area contributed by atoms with Crippen LogP contribution in [-0.4, -0.2) is 15.7 Å². The van der Waals surface area contributed by atoms with Gasteiger partial charge in [-0.3, -0.25) is 0 Å². The molecule has 1 fully saturated rings. The molecule has 1 aliphatic rings. The quantitative estimate of drug-likeness (QED) is 0.0862. The fourth-order valence-corrected chi connectivity index (χ4v) is 6.75. The molecule has 1 aliphatic carbocycles. The van der Waals surface area contributed by atoms with Gasteiger partial charge in [0.05, 0.1) is 0 Å². The first-order valence-electron chi connectivity index (χ1n) is 15.7. The molecular formula is C36H36F6N2OS. The van der Waals surface area contributed by atoms with Crippen LogP contribution in [0.25, 0.3) is 22.5 Å². The average molecular weight is 659 g/mol. The second kappa shape index (κ2) is 14.9. The number of alkyl halides is 2. The van der Waals surface area contributed by atoms with Crippen molar-refractivity contribution < 1.29 is 31.1 Å². The predicted molar refractivity (Wildman–Crippen MR) is 169 cm³/mol. The van der Waals surface area contributed by atoms with Crippen LogP contribution in [0.2, 0.25) is 0 Å². The first-order chi connectivity index (χ1) is 22.1. The van der Waals surface area contributed by atoms with E-state index in [4.69, 9.17) is 0 Å². The zero-order chi connectivity index (χ0) is 32.8. The second-order valence-electron chi connectivity index (χ2n) is 11.7. The molecule has 0 saturated heterocycles. The number of halogens is 6. The number of hydrogen-bond acceptors (Lipinski definition) is 4. The van der Waals surface area contributed by atoms with Gasteiger partial charge in [0.2, 0.25) is 0 Å². The third kappa shape index (κ3) is 7.88. The summed E-state index contributed by atoms with van der Waals surface area (Å²) >= 11 is 1.16. The maximum atomic E-state index is 15.2. The van der Waals surface area contributed by atoms with Crippen molar-refractivity contribution in [3.8, 4) is 28.3 Å². The van der Waals surface area contributed by atoms with E-state index in [-0.39, 0.29) is 16.0 Å². The highest BCUT2D eigenvalue weighted by atomic mass is 32.2. The lowest BCUT2D eigenvalue weighted by molar-refractivity contribution is -0.189. The maximum absolute atomic E-state index is 15.2. The minimum atomic E-state index is -4.47. The molecule has 3 aromatic carbocycles. The molecule has 0 N–H and O–H groups in total. The Morgan fingerprint density at radius 3 is 2.07 bits per heavy atom. The van der Waals surface area contributed by atoms with Gasteiger partial charge in [0, 0.05) is 34.5 Å². The molecule has 10 heteroatoms. The largest absolute Gasteiger partial charge is 0.432 e. The molecule has 5 rings (SSSR count). The van der Waals surface area contributed by atoms with Crippen molar-refractivity contribution in [2.75, 3.05) is 5.75 Å². The Bertz CT molecular complexity index is 1620. The molecule has 0 spiro atoms. The van der Waals surface area contributed by atoms with Gasteiger partial charge in [0.1, 0.15) is 34.6 Å². The van der Waals surface area contributed by atoms with Crippen molar-refractivity contribution in [2.24, 2.45) is 5.92 Å². The van der Waals surface area contributed by atoms with Gasteiger partial charge in [-0.25, -0.2) is 27.5 Å². The van der Waals surface area contributed by atoms with E-state index in [2.05, 4.69) is 21.6 Å². The number of benzene rings is 3. The highest BCUT2D eigenvalue weighted by molar-refractivity contribution is 7.99. The predicted octanol–water partition coefficient (Wildman–Crippen LogP) is 11.5. The molecule has 1 heterocycles. The Balaban J connectivity index is 1.28. The van der Waals surface area contributed by atoms with E-state index >= 15 is 4.39 Å². The zero-order valence-electron chi connectivity index (χ0n) is 25.8. The van der Waals surface area contributed by atoms with Crippen LogP contribution in [0.4, 0.5) is 26.3 Å². The van der Waals surface area contributed by atoms with Gasteiger partial charge < -0.3 is 4.74 Å². The lowest BCUT2D eigenvalue weighted by Crippen LogP contribution is -2.25. The Hall–Kier alpha value is -3.53. The van der Waals surface area contributed by atoms with Crippen molar-refractivity contribution >= 4 is 11.8 Å². The van der Waals surface area contributed by atoms with Crippen LogP contribution in [0.15, 0.2) is 65.8 Å². The molecule has 1 aromatic heterocycles. The van der Waals surface area contributed by atoms with Crippen molar-refractivity contribution in [1.29, 1.82) is 0 Å². The normalized spacial score (nSPS) is 16.9. The lowest BCUT2D eigenvalue weighted by atomic mass is 9.77. The topological polar surface area (TPSA) is 35.0 Å². The van der Waals surface area contributed by atoms with Crippen molar-refractivity contribution in [1.82, 2.24) is 9.97 Å². The minimum Gasteiger partial charge on any atom is -0.429 e. The first-order valence-corrected chi connectivity index (χ1v) is 16.7. The average Bonchev–Trinajstić information content (AvgIpc) is 3.02. The van der Waals surface area contributed by atoms with Crippen LogP contribution < -0.4 is 4.74 Å². The lowest BCUT2D eigenvalue weighted by Gasteiger charge is -2.28. The third-order valence-electron chi connectivity index (χ3n) is 8.53. The zero-order valence-corrected chi connectivity index (χ0v) is 26.6. The van der Waals surface area contributed by atoms with Gasteiger partial charge >= 0.3 is 6.11 Å². The Morgan fingerprint density at radius 2 is 1.46 bits per heavy atom. The summed E-state index contributed by atoms with van der Waals surface area (Å²) in [5.41, 5.74) is -0.736. The van der Waals surface area contributed by atoms with Crippen molar-refractivity contribution in [3.63, 3.8) is 0 Å². The molecule has 0 bridgehead atoms. The second-order valence-corrected chi connectivity index (χ2v) is 13.0. The SMILES string of the molecule is CCCCCC1CCC(c2cnc(-c3ccc(-c4cc(F)c(C(F)(F)Oc5ccc(SCC)c(F)c5)c(F)c4)c(F)c3)nc2)CC1. The molecule has 244 valence electrons. The van der Waals surface area contributed by atoms with E-state index in [0.717, 1.165) is 54.3 Å². The van der Waals surface area contributed by atoms with E-state index in [0.29, 0.717) is 35.2 Å². The fourth-order valence-electron chi connectivity index (χ4n) is 6.08. The molecule has 0 radical (unpaired) electrons. The molecule has 46 heavy (non-hydrogen) atoms. The summed E-state index contributed by atoms with van der Waals surface area (Å²) in [6, 6.07) is 8.23. The van der Waals surface area contributed by atoms with E-state index < -0.39 is 40.7 Å². The van der Waals surface area contributed by atoms with Crippen molar-refractivity contribution in [3.05, 3.63) is 95.3 Å². The molecule has 0 aliphatic heterocycles. The van der Waals surface area contributed by atoms with Gasteiger partial charge in [-0.05, 0) is 84.7 Å². The monoisotopic (exact) mass is 658 g/mol. The highest BCUT2D eigenvalue weighted by Gasteiger charge is 2.41. The summed E-state index contributed by atoms with van der Waals surface area (Å²) < 4.78 is 93.7. The number of thioether (sulfide) groups is 1. The molecule has 1 saturated carbocycles. The number of ether oxygens (including phenoxy) is 1. The molecule has 0 atom stereocenters. The van der Waals surface area contributed by atoms with E-state index in [1.54, 1.807) is 19.3 Å². The van der Waals surface area contributed by atoms with Gasteiger partial charge in [-0.2, -0.15) is 8.78 Å². The third-order valence-corrected chi connectivity index (χ3v) is 9.46. The number of hydrogen-bond donors (Lipinski definition) is 0. The summed E-state index contributed by atoms with van der Waals surface area (Å²) in [5, 5.41) is 0. The van der Waals surface area contributed by atoms with E-state index in [1.165, 1.54) is 56.7 Å². The van der Waals surface area contributed by atoms with E-state index in [1.807, 2.05) is 0 Å². The number of rotatable bonds is 12. The van der Waals surface area contributed by atoms with Gasteiger partial charge in [-0.1, -0.05) is 51.7 Å². The molecular weight excluding hydrogens is 622 g/mol. The summed E-state index contributed by atoms with van der Waals surface area (Å²) in [6.07, 6.45) is 8.74. The summed E-state index contributed by atoms with van der Waals surface area (Å²) in [5.74, 6) is -3.49. The Kier molecular flexibility index (Phi) is 11.0. The first kappa shape index (κ1) is 33.8. The summed E-state index contributed by atoms with van der Waals surface area (Å²) in [7, 11) is 0. The van der Waals surface area contributed by atoms with Gasteiger partial charge in [0.25, 0.3) is 0 Å². The maximum Gasteiger partial charge on any atom is 0.432 e. The van der Waals surface area contributed by atoms with Crippen LogP contribution in [0, 0.1) is 29.2 Å². The molecule has 3 nitrogen and oxygen atoms in total. The molecule has 0 amide bonds. The Labute approximate surface area is 269 Å². The van der Waals surface area contributed by atoms with Crippen LogP contribution in [0.5, 0.6) is 5.75 Å². The van der Waals surface area contributed by atoms with Crippen molar-refractivity contribution in [2.45, 2.75) is 82.1 Å². The standard InChI is InChI=1S/C36H36F6N2OS/c1-3-5-6-7-22-8-10-23(11-9-22)26-20-43-35(44-21-26)24-12-14-28(29(37)16-24)25-17-31(39)34(32(40)18-25)36(41,42)45-27-13-15-33(46-4-2)30(38)19-27/h12-23H,3-11H2,1-2H3. The Morgan fingerprint density at radius 1 is 0.783 bits per heavy atom. The van der Waals surface area contributed by atoms with Crippen LogP contribution >= 0.6 is 11.8 Å². The fraction of sp³-hybridized carbons (Fsp3) is 0.389. The number of nitrogens with zero attached hydrogens (tertiary/aromatic N) is 2. The van der Waals surface area contributed by atoms with Crippen LogP contribution in [-0.2, 0) is 6.11 Å².